The quantitative estimate of drug-likeness (QED) is 0.188. The van der Waals surface area contributed by atoms with Crippen molar-refractivity contribution in [1.29, 1.82) is 0 Å². The second-order valence-corrected chi connectivity index (χ2v) is 7.44. The Morgan fingerprint density at radius 3 is 1.67 bits per heavy atom. The van der Waals surface area contributed by atoms with Crippen molar-refractivity contribution >= 4 is 24.1 Å². The fourth-order valence-electron chi connectivity index (χ4n) is 3.11. The first-order chi connectivity index (χ1) is 17.5. The molecule has 0 spiro atoms. The van der Waals surface area contributed by atoms with Crippen LogP contribution in [-0.4, -0.2) is 61.3 Å². The molecule has 0 heterocycles. The Morgan fingerprint density at radius 1 is 0.750 bits per heavy atom. The number of carbonyl (C=O) groups is 3. The van der Waals surface area contributed by atoms with Crippen molar-refractivity contribution < 1.29 is 38.5 Å². The molecule has 36 heavy (non-hydrogen) atoms. The lowest BCUT2D eigenvalue weighted by atomic mass is 10.1. The highest BCUT2D eigenvalue weighted by Crippen LogP contribution is 2.16. The number of ether oxygens (including phenoxy) is 3. The molecule has 3 atom stereocenters. The third-order valence-corrected chi connectivity index (χ3v) is 4.92. The average Bonchev–Trinajstić information content (AvgIpc) is 2.93. The standard InChI is InChI=1S/C27H25NO8/c1-33-28-17-23(35-26(31)20-13-7-3-8-14-20)24(36-27(32)21-15-9-4-10-16-21)22(29)18-34-25(30)19-11-5-2-6-12-19/h2-17,22-24,29H,18H2,1H3/t22-,23-,24+/m0/s1. The van der Waals surface area contributed by atoms with E-state index in [0.29, 0.717) is 0 Å². The summed E-state index contributed by atoms with van der Waals surface area (Å²) < 4.78 is 16.2. The van der Waals surface area contributed by atoms with Crippen LogP contribution in [0.3, 0.4) is 0 Å². The molecular formula is C27H25NO8. The van der Waals surface area contributed by atoms with Crippen LogP contribution in [0, 0.1) is 0 Å². The zero-order valence-electron chi connectivity index (χ0n) is 19.4. The molecule has 1 N–H and O–H groups in total. The Hall–Kier alpha value is -4.50. The second-order valence-electron chi connectivity index (χ2n) is 7.44. The van der Waals surface area contributed by atoms with Crippen LogP contribution in [0.2, 0.25) is 0 Å². The molecule has 9 heteroatoms. The Bertz CT molecular complexity index is 1150. The van der Waals surface area contributed by atoms with Gasteiger partial charge >= 0.3 is 17.9 Å². The minimum atomic E-state index is -1.58. The maximum Gasteiger partial charge on any atom is 0.338 e. The van der Waals surface area contributed by atoms with Gasteiger partial charge in [0.05, 0.1) is 22.9 Å². The molecule has 0 fully saturated rings. The number of benzene rings is 3. The number of aliphatic hydroxyl groups is 1. The molecule has 0 aliphatic rings. The number of esters is 3. The van der Waals surface area contributed by atoms with Crippen LogP contribution in [0.5, 0.6) is 0 Å². The predicted octanol–water partition coefficient (Wildman–Crippen LogP) is 3.29. The average molecular weight is 491 g/mol. The minimum absolute atomic E-state index is 0.202. The normalized spacial score (nSPS) is 13.3. The van der Waals surface area contributed by atoms with Crippen molar-refractivity contribution in [3.8, 4) is 0 Å². The third-order valence-electron chi connectivity index (χ3n) is 4.92. The monoisotopic (exact) mass is 491 g/mol. The molecule has 0 radical (unpaired) electrons. The van der Waals surface area contributed by atoms with Crippen LogP contribution in [-0.2, 0) is 19.0 Å². The smallest absolute Gasteiger partial charge is 0.338 e. The topological polar surface area (TPSA) is 121 Å². The molecule has 0 aliphatic heterocycles. The molecule has 3 aromatic rings. The van der Waals surface area contributed by atoms with Crippen molar-refractivity contribution in [2.24, 2.45) is 5.16 Å². The fraction of sp³-hybridized carbons (Fsp3) is 0.185. The molecule has 9 nitrogen and oxygen atoms in total. The largest absolute Gasteiger partial charge is 0.459 e. The van der Waals surface area contributed by atoms with Crippen LogP contribution < -0.4 is 0 Å². The number of hydrogen-bond acceptors (Lipinski definition) is 9. The molecule has 0 aromatic heterocycles. The van der Waals surface area contributed by atoms with Gasteiger partial charge in [0.15, 0.2) is 12.2 Å². The number of rotatable bonds is 11. The van der Waals surface area contributed by atoms with Crippen molar-refractivity contribution in [2.45, 2.75) is 18.3 Å². The maximum atomic E-state index is 12.8. The SMILES string of the molecule is CON=C[C@H](OC(=O)c1ccccc1)[C@H](OC(=O)c1ccccc1)[C@@H](O)COC(=O)c1ccccc1. The van der Waals surface area contributed by atoms with E-state index in [1.54, 1.807) is 66.7 Å². The van der Waals surface area contributed by atoms with Crippen LogP contribution in [0.15, 0.2) is 96.2 Å². The Balaban J connectivity index is 1.83. The van der Waals surface area contributed by atoms with Crippen LogP contribution in [0.1, 0.15) is 31.1 Å². The van der Waals surface area contributed by atoms with E-state index in [4.69, 9.17) is 19.0 Å². The third kappa shape index (κ3) is 7.51. The highest BCUT2D eigenvalue weighted by atomic mass is 16.6. The highest BCUT2D eigenvalue weighted by molar-refractivity contribution is 5.92. The summed E-state index contributed by atoms with van der Waals surface area (Å²) in [7, 11) is 1.27. The Morgan fingerprint density at radius 2 is 1.19 bits per heavy atom. The molecule has 0 unspecified atom stereocenters. The van der Waals surface area contributed by atoms with Gasteiger partial charge in [-0.05, 0) is 36.4 Å². The summed E-state index contributed by atoms with van der Waals surface area (Å²) in [4.78, 5) is 42.6. The van der Waals surface area contributed by atoms with E-state index in [0.717, 1.165) is 6.21 Å². The molecule has 3 rings (SSSR count). The zero-order valence-corrected chi connectivity index (χ0v) is 19.4. The number of carbonyl (C=O) groups excluding carboxylic acids is 3. The predicted molar refractivity (Wildman–Crippen MR) is 130 cm³/mol. The highest BCUT2D eigenvalue weighted by Gasteiger charge is 2.36. The number of oxime groups is 1. The first kappa shape index (κ1) is 26.1. The second kappa shape index (κ2) is 13.4. The van der Waals surface area contributed by atoms with Crippen molar-refractivity contribution in [1.82, 2.24) is 0 Å². The lowest BCUT2D eigenvalue weighted by Crippen LogP contribution is -2.46. The van der Waals surface area contributed by atoms with Crippen LogP contribution >= 0.6 is 0 Å². The molecule has 3 aromatic carbocycles. The van der Waals surface area contributed by atoms with Gasteiger partial charge in [-0.1, -0.05) is 59.8 Å². The lowest BCUT2D eigenvalue weighted by Gasteiger charge is -2.28. The van der Waals surface area contributed by atoms with Gasteiger partial charge in [0.25, 0.3) is 0 Å². The van der Waals surface area contributed by atoms with Crippen molar-refractivity contribution in [2.75, 3.05) is 13.7 Å². The van der Waals surface area contributed by atoms with E-state index in [2.05, 4.69) is 5.16 Å². The Kier molecular flexibility index (Phi) is 9.72. The first-order valence-corrected chi connectivity index (χ1v) is 11.0. The molecule has 0 aliphatic carbocycles. The van der Waals surface area contributed by atoms with Crippen molar-refractivity contribution in [3.63, 3.8) is 0 Å². The van der Waals surface area contributed by atoms with Gasteiger partial charge in [-0.2, -0.15) is 0 Å². The van der Waals surface area contributed by atoms with E-state index in [-0.39, 0.29) is 16.7 Å². The van der Waals surface area contributed by atoms with E-state index in [1.807, 2.05) is 0 Å². The summed E-state index contributed by atoms with van der Waals surface area (Å²) >= 11 is 0. The van der Waals surface area contributed by atoms with Crippen molar-refractivity contribution in [3.05, 3.63) is 108 Å². The summed E-state index contributed by atoms with van der Waals surface area (Å²) in [5, 5.41) is 14.5. The van der Waals surface area contributed by atoms with Gasteiger partial charge in [0, 0.05) is 0 Å². The minimum Gasteiger partial charge on any atom is -0.459 e. The molecule has 0 amide bonds. The number of hydrogen-bond donors (Lipinski definition) is 1. The summed E-state index contributed by atoms with van der Waals surface area (Å²) in [6.45, 7) is -0.555. The van der Waals surface area contributed by atoms with Gasteiger partial charge < -0.3 is 24.2 Å². The van der Waals surface area contributed by atoms with Gasteiger partial charge in [0.1, 0.15) is 19.8 Å². The summed E-state index contributed by atoms with van der Waals surface area (Å²) in [6, 6.07) is 24.3. The molecule has 0 saturated heterocycles. The number of aliphatic hydroxyl groups excluding tert-OH is 1. The van der Waals surface area contributed by atoms with Gasteiger partial charge in [-0.15, -0.1) is 0 Å². The van der Waals surface area contributed by atoms with Gasteiger partial charge in [-0.25, -0.2) is 14.4 Å². The fourth-order valence-corrected chi connectivity index (χ4v) is 3.11. The first-order valence-electron chi connectivity index (χ1n) is 11.0. The summed E-state index contributed by atoms with van der Waals surface area (Å²) in [5.74, 6) is -2.23. The molecule has 0 saturated carbocycles. The summed E-state index contributed by atoms with van der Waals surface area (Å²) in [6.07, 6.45) is -3.38. The molecule has 0 bridgehead atoms. The summed E-state index contributed by atoms with van der Waals surface area (Å²) in [5.41, 5.74) is 0.703. The van der Waals surface area contributed by atoms with Gasteiger partial charge in [0.2, 0.25) is 0 Å². The lowest BCUT2D eigenvalue weighted by molar-refractivity contribution is -0.0784. The molecule has 186 valence electrons. The van der Waals surface area contributed by atoms with E-state index in [9.17, 15) is 19.5 Å². The van der Waals surface area contributed by atoms with E-state index < -0.39 is 42.8 Å². The van der Waals surface area contributed by atoms with Crippen LogP contribution in [0.4, 0.5) is 0 Å². The van der Waals surface area contributed by atoms with E-state index in [1.165, 1.54) is 31.4 Å². The van der Waals surface area contributed by atoms with Gasteiger partial charge in [-0.3, -0.25) is 0 Å². The molecular weight excluding hydrogens is 466 g/mol. The van der Waals surface area contributed by atoms with E-state index >= 15 is 0 Å². The number of nitrogens with zero attached hydrogens (tertiary/aromatic N) is 1. The maximum absolute atomic E-state index is 12.8. The zero-order chi connectivity index (χ0) is 25.8. The van der Waals surface area contributed by atoms with Crippen LogP contribution in [0.25, 0.3) is 0 Å². The Labute approximate surface area is 207 Å².